The largest absolute Gasteiger partial charge is 0.496 e. The van der Waals surface area contributed by atoms with E-state index in [9.17, 15) is 4.79 Å². The molecule has 0 radical (unpaired) electrons. The number of rotatable bonds is 7. The van der Waals surface area contributed by atoms with Crippen molar-refractivity contribution in [2.45, 2.75) is 5.37 Å². The summed E-state index contributed by atoms with van der Waals surface area (Å²) < 4.78 is 12.6. The second-order valence-electron chi connectivity index (χ2n) is 6.52. The summed E-state index contributed by atoms with van der Waals surface area (Å²) in [5.74, 6) is 1.58. The Hall–Kier alpha value is -3.39. The molecule has 0 bridgehead atoms. The molecule has 0 unspecified atom stereocenters. The first-order chi connectivity index (χ1) is 14.7. The van der Waals surface area contributed by atoms with Crippen LogP contribution in [-0.4, -0.2) is 35.7 Å². The van der Waals surface area contributed by atoms with E-state index < -0.39 is 0 Å². The van der Waals surface area contributed by atoms with Crippen LogP contribution in [0.5, 0.6) is 11.5 Å². The van der Waals surface area contributed by atoms with Crippen LogP contribution in [0.2, 0.25) is 0 Å². The van der Waals surface area contributed by atoms with Crippen molar-refractivity contribution in [2.24, 2.45) is 0 Å². The summed E-state index contributed by atoms with van der Waals surface area (Å²) >= 11 is 1.49. The Morgan fingerprint density at radius 3 is 2.67 bits per heavy atom. The normalized spacial score (nSPS) is 14.5. The molecule has 1 aliphatic rings. The number of hydrogen-bond donors (Lipinski definition) is 2. The van der Waals surface area contributed by atoms with Gasteiger partial charge in [0.1, 0.15) is 16.9 Å². The molecule has 30 heavy (non-hydrogen) atoms. The zero-order valence-electron chi connectivity index (χ0n) is 16.7. The Kier molecular flexibility index (Phi) is 5.94. The highest BCUT2D eigenvalue weighted by molar-refractivity contribution is 8.00. The summed E-state index contributed by atoms with van der Waals surface area (Å²) in [6.07, 6.45) is 3.70. The predicted octanol–water partition coefficient (Wildman–Crippen LogP) is 3.97. The number of benzene rings is 2. The lowest BCUT2D eigenvalue weighted by molar-refractivity contribution is -0.113. The van der Waals surface area contributed by atoms with Crippen LogP contribution in [0, 0.1) is 0 Å². The first kappa shape index (κ1) is 19.9. The van der Waals surface area contributed by atoms with E-state index in [0.717, 1.165) is 22.7 Å². The third-order valence-corrected chi connectivity index (χ3v) is 5.78. The van der Waals surface area contributed by atoms with Gasteiger partial charge in [-0.2, -0.15) is 5.10 Å². The molecule has 0 fully saturated rings. The summed E-state index contributed by atoms with van der Waals surface area (Å²) in [7, 11) is 3.23. The van der Waals surface area contributed by atoms with E-state index in [1.807, 2.05) is 71.7 Å². The standard InChI is InChI=1S/C22H22N4O3S/c1-28-19-9-5-3-7-15(19)17-13-18-22(23-11-12-26(18)25-17)30-14-21(27)24-16-8-4-6-10-20(16)29-2/h3-13,22-23H,14H2,1-2H3,(H,24,27)/t22-/m1/s1. The number of carbonyl (C=O) groups is 1. The summed E-state index contributed by atoms with van der Waals surface area (Å²) in [4.78, 5) is 12.5. The van der Waals surface area contributed by atoms with Gasteiger partial charge in [0.2, 0.25) is 5.91 Å². The number of anilines is 1. The van der Waals surface area contributed by atoms with Crippen LogP contribution in [0.15, 0.2) is 60.8 Å². The molecular weight excluding hydrogens is 400 g/mol. The minimum atomic E-state index is -0.102. The van der Waals surface area contributed by atoms with Gasteiger partial charge in [-0.15, -0.1) is 11.8 Å². The van der Waals surface area contributed by atoms with Crippen LogP contribution in [0.1, 0.15) is 11.1 Å². The van der Waals surface area contributed by atoms with E-state index in [2.05, 4.69) is 15.7 Å². The van der Waals surface area contributed by atoms with Gasteiger partial charge < -0.3 is 20.1 Å². The Morgan fingerprint density at radius 1 is 1.13 bits per heavy atom. The van der Waals surface area contributed by atoms with Crippen molar-refractivity contribution < 1.29 is 14.3 Å². The van der Waals surface area contributed by atoms with E-state index in [0.29, 0.717) is 11.4 Å². The number of amides is 1. The average Bonchev–Trinajstić information content (AvgIpc) is 3.23. The number of fused-ring (bicyclic) bond motifs is 1. The highest BCUT2D eigenvalue weighted by Crippen LogP contribution is 2.35. The smallest absolute Gasteiger partial charge is 0.234 e. The second kappa shape index (κ2) is 8.96. The molecule has 8 heteroatoms. The van der Waals surface area contributed by atoms with Crippen LogP contribution in [-0.2, 0) is 4.79 Å². The molecule has 2 heterocycles. The Morgan fingerprint density at radius 2 is 1.87 bits per heavy atom. The minimum absolute atomic E-state index is 0.100. The fraction of sp³-hybridized carbons (Fsp3) is 0.182. The monoisotopic (exact) mass is 422 g/mol. The van der Waals surface area contributed by atoms with E-state index in [1.54, 1.807) is 14.2 Å². The molecule has 2 N–H and O–H groups in total. The van der Waals surface area contributed by atoms with Crippen LogP contribution in [0.3, 0.4) is 0 Å². The highest BCUT2D eigenvalue weighted by atomic mass is 32.2. The number of hydrogen-bond acceptors (Lipinski definition) is 6. The van der Waals surface area contributed by atoms with Crippen molar-refractivity contribution in [3.63, 3.8) is 0 Å². The molecule has 154 valence electrons. The van der Waals surface area contributed by atoms with E-state index in [-0.39, 0.29) is 17.0 Å². The fourth-order valence-corrected chi connectivity index (χ4v) is 4.14. The van der Waals surface area contributed by atoms with Crippen molar-refractivity contribution in [3.05, 3.63) is 66.5 Å². The van der Waals surface area contributed by atoms with Crippen molar-refractivity contribution in [2.75, 3.05) is 25.3 Å². The van der Waals surface area contributed by atoms with Gasteiger partial charge in [0.05, 0.1) is 37.0 Å². The molecule has 7 nitrogen and oxygen atoms in total. The van der Waals surface area contributed by atoms with Gasteiger partial charge in [-0.25, -0.2) is 4.68 Å². The maximum Gasteiger partial charge on any atom is 0.234 e. The summed E-state index contributed by atoms with van der Waals surface area (Å²) in [6, 6.07) is 17.1. The number of nitrogens with zero attached hydrogens (tertiary/aromatic N) is 2. The Labute approximate surface area is 179 Å². The van der Waals surface area contributed by atoms with Gasteiger partial charge in [-0.1, -0.05) is 24.3 Å². The average molecular weight is 423 g/mol. The Balaban J connectivity index is 1.46. The third-order valence-electron chi connectivity index (χ3n) is 4.64. The molecular formula is C22H22N4O3S. The van der Waals surface area contributed by atoms with E-state index in [4.69, 9.17) is 9.47 Å². The number of thioether (sulfide) groups is 1. The molecule has 3 aromatic rings. The number of para-hydroxylation sites is 3. The first-order valence-corrected chi connectivity index (χ1v) is 10.4. The van der Waals surface area contributed by atoms with Crippen molar-refractivity contribution in [3.8, 4) is 22.8 Å². The molecule has 0 aliphatic carbocycles. The van der Waals surface area contributed by atoms with Gasteiger partial charge >= 0.3 is 0 Å². The van der Waals surface area contributed by atoms with Gasteiger partial charge in [-0.3, -0.25) is 4.79 Å². The minimum Gasteiger partial charge on any atom is -0.496 e. The molecule has 2 aromatic carbocycles. The zero-order chi connectivity index (χ0) is 20.9. The number of methoxy groups -OCH3 is 2. The highest BCUT2D eigenvalue weighted by Gasteiger charge is 2.22. The first-order valence-electron chi connectivity index (χ1n) is 9.39. The van der Waals surface area contributed by atoms with Gasteiger partial charge in [-0.05, 0) is 30.3 Å². The topological polar surface area (TPSA) is 77.4 Å². The van der Waals surface area contributed by atoms with Crippen molar-refractivity contribution in [1.29, 1.82) is 0 Å². The van der Waals surface area contributed by atoms with Crippen LogP contribution < -0.4 is 20.1 Å². The fourth-order valence-electron chi connectivity index (χ4n) is 3.23. The number of carbonyl (C=O) groups excluding carboxylic acids is 1. The maximum absolute atomic E-state index is 12.5. The molecule has 1 aliphatic heterocycles. The molecule has 1 aromatic heterocycles. The summed E-state index contributed by atoms with van der Waals surface area (Å²) in [5.41, 5.74) is 3.37. The quantitative estimate of drug-likeness (QED) is 0.600. The van der Waals surface area contributed by atoms with Gasteiger partial charge in [0.25, 0.3) is 0 Å². The third kappa shape index (κ3) is 4.13. The zero-order valence-corrected chi connectivity index (χ0v) is 17.5. The lowest BCUT2D eigenvalue weighted by Crippen LogP contribution is -2.23. The van der Waals surface area contributed by atoms with Crippen LogP contribution in [0.25, 0.3) is 17.5 Å². The molecule has 0 saturated heterocycles. The lowest BCUT2D eigenvalue weighted by atomic mass is 10.1. The summed E-state index contributed by atoms with van der Waals surface area (Å²) in [5, 5.41) is 10.8. The van der Waals surface area contributed by atoms with Crippen molar-refractivity contribution >= 4 is 29.6 Å². The van der Waals surface area contributed by atoms with E-state index >= 15 is 0 Å². The maximum atomic E-state index is 12.5. The molecule has 4 rings (SSSR count). The Bertz CT molecular complexity index is 1080. The van der Waals surface area contributed by atoms with Gasteiger partial charge in [0.15, 0.2) is 0 Å². The predicted molar refractivity (Wildman–Crippen MR) is 120 cm³/mol. The van der Waals surface area contributed by atoms with Gasteiger partial charge in [0, 0.05) is 18.0 Å². The van der Waals surface area contributed by atoms with Crippen molar-refractivity contribution in [1.82, 2.24) is 15.1 Å². The molecule has 0 saturated carbocycles. The number of nitrogens with one attached hydrogen (secondary N) is 2. The second-order valence-corrected chi connectivity index (χ2v) is 7.61. The SMILES string of the molecule is COc1ccccc1NC(=O)CS[C@H]1NC=Cn2nc(-c3ccccc3OC)cc21. The molecule has 0 spiro atoms. The van der Waals surface area contributed by atoms with E-state index in [1.165, 1.54) is 11.8 Å². The lowest BCUT2D eigenvalue weighted by Gasteiger charge is -2.20. The number of aromatic nitrogens is 2. The van der Waals surface area contributed by atoms with Crippen LogP contribution >= 0.6 is 11.8 Å². The van der Waals surface area contributed by atoms with Crippen LogP contribution in [0.4, 0.5) is 5.69 Å². The number of ether oxygens (including phenoxy) is 2. The summed E-state index contributed by atoms with van der Waals surface area (Å²) in [6.45, 7) is 0. The molecule has 1 atom stereocenters. The molecule has 1 amide bonds.